The fraction of sp³-hybridized carbons (Fsp3) is 0.158. The minimum absolute atomic E-state index is 0.0112. The average Bonchev–Trinajstić information content (AvgIpc) is 3.42. The van der Waals surface area contributed by atoms with Gasteiger partial charge in [-0.05, 0) is 55.3 Å². The highest BCUT2D eigenvalue weighted by Crippen LogP contribution is 2.32. The van der Waals surface area contributed by atoms with Crippen LogP contribution in [0.3, 0.4) is 0 Å². The van der Waals surface area contributed by atoms with Crippen molar-refractivity contribution in [3.63, 3.8) is 0 Å². The number of aromatic amines is 1. The second kappa shape index (κ2) is 5.80. The van der Waals surface area contributed by atoms with E-state index in [1.807, 2.05) is 0 Å². The van der Waals surface area contributed by atoms with Crippen LogP contribution >= 0.6 is 11.6 Å². The number of ether oxygens (including phenoxy) is 1. The zero-order valence-electron chi connectivity index (χ0n) is 12.7. The quantitative estimate of drug-likeness (QED) is 0.708. The molecule has 0 unspecified atom stereocenters. The third-order valence-corrected chi connectivity index (χ3v) is 4.37. The van der Waals surface area contributed by atoms with E-state index in [1.54, 1.807) is 42.5 Å². The lowest BCUT2D eigenvalue weighted by Crippen LogP contribution is -2.17. The van der Waals surface area contributed by atoms with Gasteiger partial charge in [-0.2, -0.15) is 0 Å². The second-order valence-corrected chi connectivity index (χ2v) is 6.37. The molecule has 5 heteroatoms. The largest absolute Gasteiger partial charge is 0.457 e. The number of carbonyl (C=O) groups excluding carboxylic acids is 1. The molecule has 24 heavy (non-hydrogen) atoms. The zero-order valence-corrected chi connectivity index (χ0v) is 13.5. The van der Waals surface area contributed by atoms with Gasteiger partial charge in [-0.25, -0.2) is 0 Å². The first-order valence-electron chi connectivity index (χ1n) is 7.75. The summed E-state index contributed by atoms with van der Waals surface area (Å²) >= 11 is 5.86. The highest BCUT2D eigenvalue weighted by atomic mass is 35.5. The Morgan fingerprint density at radius 3 is 2.50 bits per heavy atom. The summed E-state index contributed by atoms with van der Waals surface area (Å²) in [7, 11) is 0. The Kier molecular flexibility index (Phi) is 3.62. The van der Waals surface area contributed by atoms with Crippen molar-refractivity contribution in [2.45, 2.75) is 12.8 Å². The first-order chi connectivity index (χ1) is 11.6. The van der Waals surface area contributed by atoms with Gasteiger partial charge in [0.15, 0.2) is 11.2 Å². The van der Waals surface area contributed by atoms with Gasteiger partial charge in [-0.1, -0.05) is 11.6 Å². The van der Waals surface area contributed by atoms with Crippen molar-refractivity contribution >= 4 is 28.3 Å². The SMILES string of the molecule is O=C(c1c[nH]c2ccc(Oc3ccc(Cl)cc3)cc2c1=O)C1CC1. The van der Waals surface area contributed by atoms with Gasteiger partial charge in [-0.3, -0.25) is 9.59 Å². The van der Waals surface area contributed by atoms with Crippen molar-refractivity contribution in [2.75, 3.05) is 0 Å². The van der Waals surface area contributed by atoms with E-state index < -0.39 is 0 Å². The van der Waals surface area contributed by atoms with Crippen molar-refractivity contribution in [2.24, 2.45) is 5.92 Å². The van der Waals surface area contributed by atoms with Crippen molar-refractivity contribution in [1.29, 1.82) is 0 Å². The number of aromatic nitrogens is 1. The molecule has 1 aliphatic carbocycles. The molecule has 0 radical (unpaired) electrons. The Morgan fingerprint density at radius 1 is 1.08 bits per heavy atom. The Morgan fingerprint density at radius 2 is 1.79 bits per heavy atom. The van der Waals surface area contributed by atoms with Crippen molar-refractivity contribution in [1.82, 2.24) is 4.98 Å². The number of fused-ring (bicyclic) bond motifs is 1. The summed E-state index contributed by atoms with van der Waals surface area (Å²) in [6.07, 6.45) is 3.26. The van der Waals surface area contributed by atoms with Crippen LogP contribution in [0.25, 0.3) is 10.9 Å². The maximum Gasteiger partial charge on any atom is 0.200 e. The summed E-state index contributed by atoms with van der Waals surface area (Å²) in [6, 6.07) is 12.2. The van der Waals surface area contributed by atoms with Crippen LogP contribution in [-0.4, -0.2) is 10.8 Å². The Hall–Kier alpha value is -2.59. The van der Waals surface area contributed by atoms with Crippen molar-refractivity contribution in [3.05, 3.63) is 69.5 Å². The Bertz CT molecular complexity index is 988. The van der Waals surface area contributed by atoms with Gasteiger partial charge in [-0.15, -0.1) is 0 Å². The van der Waals surface area contributed by atoms with Gasteiger partial charge >= 0.3 is 0 Å². The third-order valence-electron chi connectivity index (χ3n) is 4.12. The molecule has 0 bridgehead atoms. The van der Waals surface area contributed by atoms with Gasteiger partial charge in [0, 0.05) is 28.0 Å². The molecule has 0 spiro atoms. The molecular weight excluding hydrogens is 326 g/mol. The van der Waals surface area contributed by atoms with Crippen LogP contribution in [0.15, 0.2) is 53.5 Å². The fourth-order valence-corrected chi connectivity index (χ4v) is 2.77. The number of H-pyrrole nitrogens is 1. The van der Waals surface area contributed by atoms with Crippen LogP contribution in [0.4, 0.5) is 0 Å². The minimum Gasteiger partial charge on any atom is -0.457 e. The van der Waals surface area contributed by atoms with E-state index in [-0.39, 0.29) is 22.7 Å². The average molecular weight is 340 g/mol. The molecular formula is C19H14ClNO3. The first kappa shape index (κ1) is 15.0. The number of ketones is 1. The maximum atomic E-state index is 12.6. The second-order valence-electron chi connectivity index (χ2n) is 5.93. The predicted molar refractivity (Wildman–Crippen MR) is 93.1 cm³/mol. The lowest BCUT2D eigenvalue weighted by molar-refractivity contribution is 0.0966. The summed E-state index contributed by atoms with van der Waals surface area (Å²) in [5.74, 6) is 1.10. The van der Waals surface area contributed by atoms with Crippen LogP contribution in [0.1, 0.15) is 23.2 Å². The van der Waals surface area contributed by atoms with Crippen LogP contribution in [-0.2, 0) is 0 Å². The molecule has 120 valence electrons. The van der Waals surface area contributed by atoms with Crippen LogP contribution in [0.5, 0.6) is 11.5 Å². The highest BCUT2D eigenvalue weighted by molar-refractivity contribution is 6.30. The smallest absolute Gasteiger partial charge is 0.200 e. The fourth-order valence-electron chi connectivity index (χ4n) is 2.65. The third kappa shape index (κ3) is 2.81. The van der Waals surface area contributed by atoms with Crippen LogP contribution in [0.2, 0.25) is 5.02 Å². The molecule has 0 amide bonds. The van der Waals surface area contributed by atoms with E-state index in [2.05, 4.69) is 4.98 Å². The van der Waals surface area contributed by atoms with E-state index in [4.69, 9.17) is 16.3 Å². The van der Waals surface area contributed by atoms with Gasteiger partial charge in [0.2, 0.25) is 0 Å². The molecule has 0 aliphatic heterocycles. The number of nitrogens with one attached hydrogen (secondary N) is 1. The van der Waals surface area contributed by atoms with Crippen LogP contribution < -0.4 is 10.2 Å². The first-order valence-corrected chi connectivity index (χ1v) is 8.13. The molecule has 4 rings (SSSR count). The summed E-state index contributed by atoms with van der Waals surface area (Å²) in [5.41, 5.74) is 0.659. The number of hydrogen-bond acceptors (Lipinski definition) is 3. The summed E-state index contributed by atoms with van der Waals surface area (Å²) < 4.78 is 5.76. The number of hydrogen-bond donors (Lipinski definition) is 1. The Balaban J connectivity index is 1.73. The molecule has 1 aliphatic rings. The van der Waals surface area contributed by atoms with E-state index in [1.165, 1.54) is 6.20 Å². The van der Waals surface area contributed by atoms with Gasteiger partial charge in [0.1, 0.15) is 11.5 Å². The lowest BCUT2D eigenvalue weighted by atomic mass is 10.1. The van der Waals surface area contributed by atoms with Crippen LogP contribution in [0, 0.1) is 5.92 Å². The van der Waals surface area contributed by atoms with E-state index in [0.717, 1.165) is 12.8 Å². The molecule has 0 saturated heterocycles. The standard InChI is InChI=1S/C19H14ClNO3/c20-12-3-5-13(6-4-12)24-14-7-8-17-15(9-14)19(23)16(10-21-17)18(22)11-1-2-11/h3-11H,1-2H2,(H,21,23). The molecule has 1 heterocycles. The molecule has 0 atom stereocenters. The molecule has 1 aromatic heterocycles. The van der Waals surface area contributed by atoms with E-state index >= 15 is 0 Å². The number of rotatable bonds is 4. The number of halogens is 1. The molecule has 1 N–H and O–H groups in total. The van der Waals surface area contributed by atoms with Crippen molar-refractivity contribution < 1.29 is 9.53 Å². The lowest BCUT2D eigenvalue weighted by Gasteiger charge is -2.07. The van der Waals surface area contributed by atoms with E-state index in [0.29, 0.717) is 27.4 Å². The van der Waals surface area contributed by atoms with Gasteiger partial charge in [0.05, 0.1) is 5.56 Å². The van der Waals surface area contributed by atoms with Gasteiger partial charge < -0.3 is 9.72 Å². The summed E-state index contributed by atoms with van der Waals surface area (Å²) in [6.45, 7) is 0. The normalized spacial score (nSPS) is 13.9. The number of carbonyl (C=O) groups is 1. The molecule has 1 fully saturated rings. The topological polar surface area (TPSA) is 59.2 Å². The number of benzene rings is 2. The Labute approximate surface area is 143 Å². The molecule has 1 saturated carbocycles. The monoisotopic (exact) mass is 339 g/mol. The maximum absolute atomic E-state index is 12.6. The molecule has 3 aromatic rings. The summed E-state index contributed by atoms with van der Waals surface area (Å²) in [4.78, 5) is 27.9. The zero-order chi connectivity index (χ0) is 16.7. The highest BCUT2D eigenvalue weighted by Gasteiger charge is 2.32. The van der Waals surface area contributed by atoms with E-state index in [9.17, 15) is 9.59 Å². The molecule has 4 nitrogen and oxygen atoms in total. The number of pyridine rings is 1. The van der Waals surface area contributed by atoms with Gasteiger partial charge in [0.25, 0.3) is 0 Å². The van der Waals surface area contributed by atoms with Crippen molar-refractivity contribution in [3.8, 4) is 11.5 Å². The molecule has 2 aromatic carbocycles. The predicted octanol–water partition coefficient (Wildman–Crippen LogP) is 4.57. The minimum atomic E-state index is -0.248. The summed E-state index contributed by atoms with van der Waals surface area (Å²) in [5, 5.41) is 1.08. The number of Topliss-reactive ketones (excluding diaryl/α,β-unsaturated/α-hetero) is 1.